The van der Waals surface area contributed by atoms with Crippen LogP contribution < -0.4 is 0 Å². The van der Waals surface area contributed by atoms with Crippen molar-refractivity contribution in [2.24, 2.45) is 5.92 Å². The zero-order chi connectivity index (χ0) is 13.7. The van der Waals surface area contributed by atoms with Crippen molar-refractivity contribution in [3.8, 4) is 0 Å². The molecule has 0 saturated heterocycles. The van der Waals surface area contributed by atoms with Gasteiger partial charge in [0, 0.05) is 5.56 Å². The average molecular weight is 244 g/mol. The number of carbonyl (C=O) groups is 1. The van der Waals surface area contributed by atoms with Crippen LogP contribution in [0.3, 0.4) is 0 Å². The highest BCUT2D eigenvalue weighted by atomic mass is 16.1. The van der Waals surface area contributed by atoms with Crippen LogP contribution in [0.15, 0.2) is 12.1 Å². The maximum absolute atomic E-state index is 11.1. The Bertz CT molecular complexity index is 495. The van der Waals surface area contributed by atoms with Crippen LogP contribution in [-0.4, -0.2) is 6.29 Å². The maximum Gasteiger partial charge on any atom is 0.150 e. The van der Waals surface area contributed by atoms with E-state index in [2.05, 4.69) is 46.8 Å². The summed E-state index contributed by atoms with van der Waals surface area (Å²) in [6.07, 6.45) is 2.16. The van der Waals surface area contributed by atoms with Crippen molar-refractivity contribution < 1.29 is 4.79 Å². The lowest BCUT2D eigenvalue weighted by molar-refractivity contribution is 0.112. The fourth-order valence-electron chi connectivity index (χ4n) is 3.34. The van der Waals surface area contributed by atoms with Crippen LogP contribution in [0, 0.1) is 12.8 Å². The first-order valence-corrected chi connectivity index (χ1v) is 6.81. The topological polar surface area (TPSA) is 17.1 Å². The monoisotopic (exact) mass is 244 g/mol. The molecule has 0 spiro atoms. The van der Waals surface area contributed by atoms with Gasteiger partial charge in [0.05, 0.1) is 0 Å². The maximum atomic E-state index is 11.1. The molecule has 0 bridgehead atoms. The van der Waals surface area contributed by atoms with Crippen LogP contribution >= 0.6 is 0 Å². The molecule has 0 amide bonds. The fraction of sp³-hybridized carbons (Fsp3) is 0.588. The van der Waals surface area contributed by atoms with E-state index in [9.17, 15) is 4.79 Å². The minimum Gasteiger partial charge on any atom is -0.298 e. The molecule has 0 aromatic heterocycles. The summed E-state index contributed by atoms with van der Waals surface area (Å²) < 4.78 is 0. The first-order valence-electron chi connectivity index (χ1n) is 6.81. The molecule has 18 heavy (non-hydrogen) atoms. The molecular weight excluding hydrogens is 220 g/mol. The van der Waals surface area contributed by atoms with Gasteiger partial charge in [-0.3, -0.25) is 4.79 Å². The Hall–Kier alpha value is -1.11. The van der Waals surface area contributed by atoms with Crippen LogP contribution in [0.1, 0.15) is 68.1 Å². The van der Waals surface area contributed by atoms with Gasteiger partial charge in [-0.05, 0) is 52.8 Å². The smallest absolute Gasteiger partial charge is 0.150 e. The van der Waals surface area contributed by atoms with E-state index in [-0.39, 0.29) is 10.8 Å². The zero-order valence-corrected chi connectivity index (χ0v) is 12.4. The van der Waals surface area contributed by atoms with Crippen LogP contribution in [0.25, 0.3) is 0 Å². The Morgan fingerprint density at radius 3 is 2.33 bits per heavy atom. The predicted octanol–water partition coefficient (Wildman–Crippen LogP) is 4.40. The van der Waals surface area contributed by atoms with Gasteiger partial charge in [0.25, 0.3) is 0 Å². The van der Waals surface area contributed by atoms with E-state index in [1.807, 2.05) is 6.92 Å². The standard InChI is InChI=1S/C17H24O/c1-11-7-15-14(8-13(11)10-18)16(3,4)9-12(2)17(15,5)6/h7-8,10,12H,9H2,1-6H3/t12-/m0/s1. The Morgan fingerprint density at radius 2 is 1.78 bits per heavy atom. The van der Waals surface area contributed by atoms with Gasteiger partial charge in [0.15, 0.2) is 0 Å². The molecule has 1 heteroatoms. The molecule has 1 atom stereocenters. The molecule has 0 heterocycles. The highest BCUT2D eigenvalue weighted by Crippen LogP contribution is 2.49. The summed E-state index contributed by atoms with van der Waals surface area (Å²) in [4.78, 5) is 11.1. The number of fused-ring (bicyclic) bond motifs is 1. The van der Waals surface area contributed by atoms with Gasteiger partial charge >= 0.3 is 0 Å². The highest BCUT2D eigenvalue weighted by molar-refractivity contribution is 5.78. The summed E-state index contributed by atoms with van der Waals surface area (Å²) in [5.41, 5.74) is 5.08. The lowest BCUT2D eigenvalue weighted by Gasteiger charge is -2.46. The van der Waals surface area contributed by atoms with Gasteiger partial charge in [-0.15, -0.1) is 0 Å². The van der Waals surface area contributed by atoms with E-state index in [0.29, 0.717) is 5.92 Å². The summed E-state index contributed by atoms with van der Waals surface area (Å²) in [7, 11) is 0. The van der Waals surface area contributed by atoms with Crippen molar-refractivity contribution in [1.82, 2.24) is 0 Å². The second-order valence-electron chi connectivity index (χ2n) is 7.08. The van der Waals surface area contributed by atoms with Crippen molar-refractivity contribution in [3.63, 3.8) is 0 Å². The first kappa shape index (κ1) is 13.3. The minimum absolute atomic E-state index is 0.162. The highest BCUT2D eigenvalue weighted by Gasteiger charge is 2.42. The Morgan fingerprint density at radius 1 is 1.17 bits per heavy atom. The zero-order valence-electron chi connectivity index (χ0n) is 12.4. The second kappa shape index (κ2) is 3.94. The number of benzene rings is 1. The number of aldehydes is 1. The third-order valence-electron chi connectivity index (χ3n) is 5.00. The largest absolute Gasteiger partial charge is 0.298 e. The van der Waals surface area contributed by atoms with E-state index in [4.69, 9.17) is 0 Å². The number of aryl methyl sites for hydroxylation is 1. The molecule has 0 fully saturated rings. The molecule has 0 aliphatic heterocycles. The average Bonchev–Trinajstić information content (AvgIpc) is 2.26. The SMILES string of the molecule is Cc1cc2c(cc1C=O)C(C)(C)C[C@H](C)C2(C)C. The van der Waals surface area contributed by atoms with Crippen LogP contribution in [0.5, 0.6) is 0 Å². The molecule has 1 aromatic carbocycles. The Kier molecular flexibility index (Phi) is 2.92. The molecule has 0 radical (unpaired) electrons. The summed E-state index contributed by atoms with van der Waals surface area (Å²) in [5.74, 6) is 0.654. The Labute approximate surface area is 111 Å². The van der Waals surface area contributed by atoms with Gasteiger partial charge in [0.2, 0.25) is 0 Å². The summed E-state index contributed by atoms with van der Waals surface area (Å²) in [6.45, 7) is 13.6. The normalized spacial score (nSPS) is 24.4. The van der Waals surface area contributed by atoms with E-state index in [1.54, 1.807) is 0 Å². The van der Waals surface area contributed by atoms with E-state index in [1.165, 1.54) is 17.5 Å². The van der Waals surface area contributed by atoms with Crippen molar-refractivity contribution in [2.45, 2.75) is 58.8 Å². The van der Waals surface area contributed by atoms with Crippen molar-refractivity contribution in [1.29, 1.82) is 0 Å². The molecule has 2 rings (SSSR count). The Balaban J connectivity index is 2.75. The van der Waals surface area contributed by atoms with E-state index < -0.39 is 0 Å². The van der Waals surface area contributed by atoms with E-state index >= 15 is 0 Å². The summed E-state index contributed by atoms with van der Waals surface area (Å²) in [5, 5.41) is 0. The van der Waals surface area contributed by atoms with Gasteiger partial charge in [-0.2, -0.15) is 0 Å². The quantitative estimate of drug-likeness (QED) is 0.669. The van der Waals surface area contributed by atoms with Gasteiger partial charge in [-0.1, -0.05) is 40.7 Å². The van der Waals surface area contributed by atoms with Crippen molar-refractivity contribution in [3.05, 3.63) is 34.4 Å². The summed E-state index contributed by atoms with van der Waals surface area (Å²) >= 11 is 0. The molecule has 1 aliphatic rings. The molecule has 0 unspecified atom stereocenters. The van der Waals surface area contributed by atoms with Crippen molar-refractivity contribution in [2.75, 3.05) is 0 Å². The van der Waals surface area contributed by atoms with Gasteiger partial charge in [-0.25, -0.2) is 0 Å². The van der Waals surface area contributed by atoms with Crippen LogP contribution in [0.4, 0.5) is 0 Å². The van der Waals surface area contributed by atoms with Gasteiger partial charge < -0.3 is 0 Å². The van der Waals surface area contributed by atoms with Crippen LogP contribution in [0.2, 0.25) is 0 Å². The predicted molar refractivity (Wildman–Crippen MR) is 76.4 cm³/mol. The van der Waals surface area contributed by atoms with Crippen LogP contribution in [-0.2, 0) is 10.8 Å². The first-order chi connectivity index (χ1) is 8.20. The molecule has 0 N–H and O–H groups in total. The lowest BCUT2D eigenvalue weighted by atomic mass is 9.58. The summed E-state index contributed by atoms with van der Waals surface area (Å²) in [6, 6.07) is 4.35. The third-order valence-corrected chi connectivity index (χ3v) is 5.00. The van der Waals surface area contributed by atoms with E-state index in [0.717, 1.165) is 17.4 Å². The lowest BCUT2D eigenvalue weighted by Crippen LogP contribution is -2.40. The number of rotatable bonds is 1. The molecule has 98 valence electrons. The number of carbonyl (C=O) groups excluding carboxylic acids is 1. The molecule has 1 nitrogen and oxygen atoms in total. The number of hydrogen-bond donors (Lipinski definition) is 0. The molecule has 1 aromatic rings. The number of hydrogen-bond acceptors (Lipinski definition) is 1. The fourth-order valence-corrected chi connectivity index (χ4v) is 3.34. The molecule has 1 aliphatic carbocycles. The third kappa shape index (κ3) is 1.81. The van der Waals surface area contributed by atoms with Crippen molar-refractivity contribution >= 4 is 6.29 Å². The second-order valence-corrected chi connectivity index (χ2v) is 7.08. The molecular formula is C17H24O. The van der Waals surface area contributed by atoms with Gasteiger partial charge in [0.1, 0.15) is 6.29 Å². The minimum atomic E-state index is 0.162. The molecule has 0 saturated carbocycles.